The molecule has 1 saturated carbocycles. The Morgan fingerprint density at radius 1 is 1.26 bits per heavy atom. The number of hydrogen-bond acceptors (Lipinski definition) is 4. The van der Waals surface area contributed by atoms with E-state index in [4.69, 9.17) is 0 Å². The van der Waals surface area contributed by atoms with Crippen LogP contribution in [0.15, 0.2) is 24.3 Å². The van der Waals surface area contributed by atoms with E-state index in [-0.39, 0.29) is 30.8 Å². The highest BCUT2D eigenvalue weighted by Crippen LogP contribution is 2.35. The lowest BCUT2D eigenvalue weighted by atomic mass is 9.98. The van der Waals surface area contributed by atoms with E-state index in [1.807, 2.05) is 35.9 Å². The van der Waals surface area contributed by atoms with Gasteiger partial charge in [0.2, 0.25) is 5.91 Å². The number of amides is 4. The van der Waals surface area contributed by atoms with E-state index in [0.717, 1.165) is 29.7 Å². The highest BCUT2D eigenvalue weighted by molar-refractivity contribution is 6.07. The van der Waals surface area contributed by atoms with Crippen LogP contribution in [0.1, 0.15) is 37.9 Å². The van der Waals surface area contributed by atoms with E-state index in [1.165, 1.54) is 4.90 Å². The Morgan fingerprint density at radius 3 is 2.74 bits per heavy atom. The number of carbonyl (C=O) groups excluding carboxylic acids is 3. The van der Waals surface area contributed by atoms with Crippen LogP contribution in [0.2, 0.25) is 0 Å². The van der Waals surface area contributed by atoms with Gasteiger partial charge in [-0.15, -0.1) is 0 Å². The van der Waals surface area contributed by atoms with Crippen molar-refractivity contribution < 1.29 is 14.4 Å². The van der Waals surface area contributed by atoms with Crippen molar-refractivity contribution in [2.75, 3.05) is 6.54 Å². The normalized spacial score (nSPS) is 18.5. The summed E-state index contributed by atoms with van der Waals surface area (Å²) in [5.41, 5.74) is 1.16. The van der Waals surface area contributed by atoms with E-state index >= 15 is 0 Å². The number of fused-ring (bicyclic) bond motifs is 1. The number of imide groups is 1. The number of urea groups is 1. The molecule has 0 bridgehead atoms. The molecule has 1 aliphatic heterocycles. The molecule has 2 aliphatic rings. The van der Waals surface area contributed by atoms with E-state index in [9.17, 15) is 14.4 Å². The molecule has 2 aromatic rings. The molecule has 0 radical (unpaired) electrons. The summed E-state index contributed by atoms with van der Waals surface area (Å²) in [7, 11) is 1.91. The molecule has 1 aliphatic carbocycles. The molecule has 4 rings (SSSR count). The second kappa shape index (κ2) is 6.68. The predicted molar refractivity (Wildman–Crippen MR) is 98.6 cm³/mol. The van der Waals surface area contributed by atoms with Crippen molar-refractivity contribution in [3.05, 3.63) is 30.1 Å². The minimum Gasteiger partial charge on any atom is -0.349 e. The Kier molecular flexibility index (Phi) is 4.33. The van der Waals surface area contributed by atoms with Crippen LogP contribution >= 0.6 is 0 Å². The molecule has 1 spiro atoms. The number of para-hydroxylation sites is 2. The Balaban J connectivity index is 1.33. The second-order valence-corrected chi connectivity index (χ2v) is 7.28. The number of nitrogens with one attached hydrogen (secondary N) is 2. The minimum absolute atomic E-state index is 0.0825. The number of carbonyl (C=O) groups is 3. The van der Waals surface area contributed by atoms with Gasteiger partial charge in [-0.05, 0) is 25.0 Å². The quantitative estimate of drug-likeness (QED) is 0.780. The molecular weight excluding hydrogens is 346 g/mol. The number of aryl methyl sites for hydroxylation is 1. The van der Waals surface area contributed by atoms with E-state index < -0.39 is 5.54 Å². The minimum atomic E-state index is -0.722. The smallest absolute Gasteiger partial charge is 0.325 e. The highest BCUT2D eigenvalue weighted by atomic mass is 16.2. The Morgan fingerprint density at radius 2 is 2.00 bits per heavy atom. The molecule has 1 aromatic heterocycles. The third-order valence-corrected chi connectivity index (χ3v) is 5.59. The summed E-state index contributed by atoms with van der Waals surface area (Å²) in [6.07, 6.45) is 3.34. The summed E-state index contributed by atoms with van der Waals surface area (Å²) in [6, 6.07) is 7.39. The first-order chi connectivity index (χ1) is 13.0. The molecule has 0 atom stereocenters. The van der Waals surface area contributed by atoms with Crippen molar-refractivity contribution in [2.24, 2.45) is 7.05 Å². The fourth-order valence-corrected chi connectivity index (χ4v) is 4.03. The van der Waals surface area contributed by atoms with Crippen LogP contribution in [0.3, 0.4) is 0 Å². The van der Waals surface area contributed by atoms with Gasteiger partial charge in [0.15, 0.2) is 0 Å². The van der Waals surface area contributed by atoms with Crippen molar-refractivity contribution in [3.8, 4) is 0 Å². The van der Waals surface area contributed by atoms with Crippen molar-refractivity contribution in [1.82, 2.24) is 25.1 Å². The monoisotopic (exact) mass is 369 g/mol. The average Bonchev–Trinajstić information content (AvgIpc) is 3.31. The first-order valence-electron chi connectivity index (χ1n) is 9.31. The maximum Gasteiger partial charge on any atom is 0.325 e. The van der Waals surface area contributed by atoms with Crippen LogP contribution in [-0.4, -0.2) is 44.4 Å². The molecule has 142 valence electrons. The van der Waals surface area contributed by atoms with Gasteiger partial charge < -0.3 is 15.2 Å². The van der Waals surface area contributed by atoms with Crippen LogP contribution < -0.4 is 10.6 Å². The highest BCUT2D eigenvalue weighted by Gasteiger charge is 2.52. The lowest BCUT2D eigenvalue weighted by Gasteiger charge is -2.19. The van der Waals surface area contributed by atoms with Crippen molar-refractivity contribution in [2.45, 2.75) is 44.2 Å². The van der Waals surface area contributed by atoms with Crippen LogP contribution in [-0.2, 0) is 23.2 Å². The standard InChI is InChI=1S/C19H23N5O3/c1-23-14-7-3-2-6-13(14)21-15(23)12-20-16(25)8-11-24-17(26)19(22-18(24)27)9-4-5-10-19/h2-3,6-7H,4-5,8-12H2,1H3,(H,20,25)(H,22,27). The fourth-order valence-electron chi connectivity index (χ4n) is 4.03. The van der Waals surface area contributed by atoms with Gasteiger partial charge in [-0.3, -0.25) is 14.5 Å². The molecular formula is C19H23N5O3. The number of benzene rings is 1. The van der Waals surface area contributed by atoms with Crippen LogP contribution in [0, 0.1) is 0 Å². The van der Waals surface area contributed by atoms with Gasteiger partial charge in [-0.1, -0.05) is 25.0 Å². The SMILES string of the molecule is Cn1c(CNC(=O)CCN2C(=O)NC3(CCCC3)C2=O)nc2ccccc21. The van der Waals surface area contributed by atoms with Gasteiger partial charge in [0.05, 0.1) is 17.6 Å². The first-order valence-corrected chi connectivity index (χ1v) is 9.31. The fraction of sp³-hybridized carbons (Fsp3) is 0.474. The van der Waals surface area contributed by atoms with E-state index in [1.54, 1.807) is 0 Å². The number of rotatable bonds is 5. The lowest BCUT2D eigenvalue weighted by molar-refractivity contribution is -0.131. The van der Waals surface area contributed by atoms with Crippen molar-refractivity contribution in [3.63, 3.8) is 0 Å². The zero-order chi connectivity index (χ0) is 19.0. The van der Waals surface area contributed by atoms with Crippen molar-refractivity contribution in [1.29, 1.82) is 0 Å². The molecule has 0 unspecified atom stereocenters. The maximum atomic E-state index is 12.6. The number of aromatic nitrogens is 2. The lowest BCUT2D eigenvalue weighted by Crippen LogP contribution is -2.44. The molecule has 2 N–H and O–H groups in total. The zero-order valence-corrected chi connectivity index (χ0v) is 15.3. The topological polar surface area (TPSA) is 96.3 Å². The van der Waals surface area contributed by atoms with Gasteiger partial charge in [-0.25, -0.2) is 9.78 Å². The predicted octanol–water partition coefficient (Wildman–Crippen LogP) is 1.44. The molecule has 8 nitrogen and oxygen atoms in total. The average molecular weight is 369 g/mol. The number of hydrogen-bond donors (Lipinski definition) is 2. The summed E-state index contributed by atoms with van der Waals surface area (Å²) in [5.74, 6) is 0.354. The number of nitrogens with zero attached hydrogens (tertiary/aromatic N) is 3. The Labute approximate surface area is 156 Å². The van der Waals surface area contributed by atoms with Gasteiger partial charge in [0, 0.05) is 20.0 Å². The van der Waals surface area contributed by atoms with Crippen LogP contribution in [0.25, 0.3) is 11.0 Å². The van der Waals surface area contributed by atoms with Gasteiger partial charge in [0.1, 0.15) is 11.4 Å². The number of imidazole rings is 1. The third-order valence-electron chi connectivity index (χ3n) is 5.59. The second-order valence-electron chi connectivity index (χ2n) is 7.28. The Hall–Kier alpha value is -2.90. The molecule has 8 heteroatoms. The zero-order valence-electron chi connectivity index (χ0n) is 15.3. The first kappa shape index (κ1) is 17.5. The maximum absolute atomic E-state index is 12.6. The molecule has 2 heterocycles. The Bertz CT molecular complexity index is 913. The van der Waals surface area contributed by atoms with Crippen LogP contribution in [0.5, 0.6) is 0 Å². The van der Waals surface area contributed by atoms with Crippen LogP contribution in [0.4, 0.5) is 4.79 Å². The molecule has 1 aromatic carbocycles. The molecule has 4 amide bonds. The van der Waals surface area contributed by atoms with E-state index in [0.29, 0.717) is 19.4 Å². The van der Waals surface area contributed by atoms with Gasteiger partial charge in [0.25, 0.3) is 5.91 Å². The molecule has 1 saturated heterocycles. The summed E-state index contributed by atoms with van der Waals surface area (Å²) >= 11 is 0. The summed E-state index contributed by atoms with van der Waals surface area (Å²) in [5, 5.41) is 5.65. The third kappa shape index (κ3) is 3.05. The van der Waals surface area contributed by atoms with Gasteiger partial charge in [-0.2, -0.15) is 0 Å². The van der Waals surface area contributed by atoms with Crippen molar-refractivity contribution >= 4 is 28.9 Å². The van der Waals surface area contributed by atoms with E-state index in [2.05, 4.69) is 15.6 Å². The van der Waals surface area contributed by atoms with Gasteiger partial charge >= 0.3 is 6.03 Å². The summed E-state index contributed by atoms with van der Waals surface area (Å²) in [6.45, 7) is 0.398. The molecule has 27 heavy (non-hydrogen) atoms. The largest absolute Gasteiger partial charge is 0.349 e. The molecule has 2 fully saturated rings. The summed E-state index contributed by atoms with van der Waals surface area (Å²) < 4.78 is 1.94. The summed E-state index contributed by atoms with van der Waals surface area (Å²) in [4.78, 5) is 42.6.